The van der Waals surface area contributed by atoms with E-state index < -0.39 is 0 Å². The van der Waals surface area contributed by atoms with Gasteiger partial charge in [-0.15, -0.1) is 0 Å². The van der Waals surface area contributed by atoms with Crippen LogP contribution < -0.4 is 5.32 Å². The molecule has 1 atom stereocenters. The van der Waals surface area contributed by atoms with Crippen molar-refractivity contribution in [2.24, 2.45) is 22.7 Å². The second-order valence-electron chi connectivity index (χ2n) is 7.87. The molecule has 144 valence electrons. The number of carbonyl (C=O) groups excluding carboxylic acids is 1. The number of likely N-dealkylation sites (tertiary alicyclic amines) is 2. The van der Waals surface area contributed by atoms with Gasteiger partial charge in [-0.1, -0.05) is 13.8 Å². The molecule has 2 rings (SSSR count). The molecule has 2 aliphatic rings. The summed E-state index contributed by atoms with van der Waals surface area (Å²) in [6.07, 6.45) is 4.28. The first-order valence-corrected chi connectivity index (χ1v) is 9.79. The number of rotatable bonds is 5. The van der Waals surface area contributed by atoms with Crippen LogP contribution in [0.15, 0.2) is 4.99 Å². The molecule has 0 amide bonds. The lowest BCUT2D eigenvalue weighted by Crippen LogP contribution is -2.49. The zero-order valence-corrected chi connectivity index (χ0v) is 16.5. The molecule has 2 heterocycles. The SMILES string of the molecule is CN=C(NCC1CCCN(CC(C)C)C1)N1CCC(C(=O)OC)CC1. The smallest absolute Gasteiger partial charge is 0.308 e. The zero-order valence-electron chi connectivity index (χ0n) is 16.5. The minimum absolute atomic E-state index is 0.0438. The van der Waals surface area contributed by atoms with Crippen molar-refractivity contribution >= 4 is 11.9 Å². The van der Waals surface area contributed by atoms with Gasteiger partial charge < -0.3 is 19.9 Å². The standard InChI is InChI=1S/C19H36N4O2/c1-15(2)13-22-9-5-6-16(14-22)12-21-19(20-3)23-10-7-17(8-11-23)18(24)25-4/h15-17H,5-14H2,1-4H3,(H,20,21). The minimum atomic E-state index is -0.0740. The van der Waals surface area contributed by atoms with Crippen molar-refractivity contribution in [2.45, 2.75) is 39.5 Å². The van der Waals surface area contributed by atoms with Crippen LogP contribution in [0, 0.1) is 17.8 Å². The fourth-order valence-electron chi connectivity index (χ4n) is 4.06. The molecular weight excluding hydrogens is 316 g/mol. The molecule has 1 N–H and O–H groups in total. The zero-order chi connectivity index (χ0) is 18.2. The average molecular weight is 353 g/mol. The predicted octanol–water partition coefficient (Wildman–Crippen LogP) is 1.81. The molecule has 0 radical (unpaired) electrons. The molecule has 0 saturated carbocycles. The van der Waals surface area contributed by atoms with E-state index in [1.54, 1.807) is 0 Å². The number of carbonyl (C=O) groups is 1. The highest BCUT2D eigenvalue weighted by molar-refractivity contribution is 5.80. The number of hydrogen-bond acceptors (Lipinski definition) is 4. The molecule has 2 saturated heterocycles. The van der Waals surface area contributed by atoms with Crippen LogP contribution in [-0.2, 0) is 9.53 Å². The number of guanidine groups is 1. The van der Waals surface area contributed by atoms with Crippen molar-refractivity contribution in [3.05, 3.63) is 0 Å². The molecule has 0 aliphatic carbocycles. The van der Waals surface area contributed by atoms with Crippen LogP contribution in [0.2, 0.25) is 0 Å². The number of nitrogens with zero attached hydrogens (tertiary/aromatic N) is 3. The molecule has 25 heavy (non-hydrogen) atoms. The highest BCUT2D eigenvalue weighted by Gasteiger charge is 2.27. The largest absolute Gasteiger partial charge is 0.469 e. The van der Waals surface area contributed by atoms with Gasteiger partial charge in [0.2, 0.25) is 0 Å². The second-order valence-corrected chi connectivity index (χ2v) is 7.87. The van der Waals surface area contributed by atoms with E-state index in [1.807, 2.05) is 7.05 Å². The molecule has 6 nitrogen and oxygen atoms in total. The molecule has 1 unspecified atom stereocenters. The molecule has 0 bridgehead atoms. The first kappa shape index (κ1) is 20.0. The summed E-state index contributed by atoms with van der Waals surface area (Å²) in [6, 6.07) is 0. The second kappa shape index (κ2) is 10.00. The van der Waals surface area contributed by atoms with Gasteiger partial charge in [0.1, 0.15) is 0 Å². The van der Waals surface area contributed by atoms with E-state index in [1.165, 1.54) is 39.6 Å². The van der Waals surface area contributed by atoms with Gasteiger partial charge in [-0.25, -0.2) is 0 Å². The summed E-state index contributed by atoms with van der Waals surface area (Å²) in [5.74, 6) is 2.37. The fraction of sp³-hybridized carbons (Fsp3) is 0.895. The van der Waals surface area contributed by atoms with E-state index in [4.69, 9.17) is 4.74 Å². The van der Waals surface area contributed by atoms with E-state index in [-0.39, 0.29) is 11.9 Å². The van der Waals surface area contributed by atoms with Gasteiger partial charge in [-0.3, -0.25) is 9.79 Å². The fourth-order valence-corrected chi connectivity index (χ4v) is 4.06. The lowest BCUT2D eigenvalue weighted by Gasteiger charge is -2.36. The van der Waals surface area contributed by atoms with E-state index in [2.05, 4.69) is 34.0 Å². The van der Waals surface area contributed by atoms with Gasteiger partial charge in [0.05, 0.1) is 13.0 Å². The van der Waals surface area contributed by atoms with Crippen molar-refractivity contribution in [3.8, 4) is 0 Å². The summed E-state index contributed by atoms with van der Waals surface area (Å²) in [5.41, 5.74) is 0. The van der Waals surface area contributed by atoms with Gasteiger partial charge in [0, 0.05) is 39.8 Å². The molecule has 0 aromatic carbocycles. The van der Waals surface area contributed by atoms with E-state index in [0.717, 1.165) is 44.4 Å². The third kappa shape index (κ3) is 6.17. The third-order valence-electron chi connectivity index (χ3n) is 5.32. The predicted molar refractivity (Wildman–Crippen MR) is 102 cm³/mol. The van der Waals surface area contributed by atoms with Crippen molar-refractivity contribution in [1.29, 1.82) is 0 Å². The number of methoxy groups -OCH3 is 1. The Morgan fingerprint density at radius 3 is 2.56 bits per heavy atom. The Morgan fingerprint density at radius 1 is 1.24 bits per heavy atom. The Balaban J connectivity index is 1.76. The van der Waals surface area contributed by atoms with Crippen LogP contribution >= 0.6 is 0 Å². The normalized spacial score (nSPS) is 23.8. The van der Waals surface area contributed by atoms with Crippen molar-refractivity contribution in [2.75, 3.05) is 53.4 Å². The Kier molecular flexibility index (Phi) is 8.00. The van der Waals surface area contributed by atoms with Gasteiger partial charge in [0.25, 0.3) is 0 Å². The summed E-state index contributed by atoms with van der Waals surface area (Å²) in [6.45, 7) is 10.9. The van der Waals surface area contributed by atoms with Crippen LogP contribution in [0.3, 0.4) is 0 Å². The lowest BCUT2D eigenvalue weighted by atomic mass is 9.96. The van der Waals surface area contributed by atoms with Crippen LogP contribution in [0.25, 0.3) is 0 Å². The first-order chi connectivity index (χ1) is 12.0. The summed E-state index contributed by atoms with van der Waals surface area (Å²) in [4.78, 5) is 21.0. The maximum atomic E-state index is 11.7. The van der Waals surface area contributed by atoms with E-state index >= 15 is 0 Å². The van der Waals surface area contributed by atoms with Gasteiger partial charge in [-0.2, -0.15) is 0 Å². The number of hydrogen-bond donors (Lipinski definition) is 1. The maximum absolute atomic E-state index is 11.7. The van der Waals surface area contributed by atoms with Crippen molar-refractivity contribution in [3.63, 3.8) is 0 Å². The molecule has 0 aromatic heterocycles. The first-order valence-electron chi connectivity index (χ1n) is 9.79. The minimum Gasteiger partial charge on any atom is -0.469 e. The summed E-state index contributed by atoms with van der Waals surface area (Å²) < 4.78 is 4.87. The highest BCUT2D eigenvalue weighted by Crippen LogP contribution is 2.19. The number of aliphatic imine (C=N–C) groups is 1. The average Bonchev–Trinajstić information content (AvgIpc) is 2.62. The highest BCUT2D eigenvalue weighted by atomic mass is 16.5. The number of ether oxygens (including phenoxy) is 1. The Bertz CT molecular complexity index is 445. The van der Waals surface area contributed by atoms with Crippen LogP contribution in [0.5, 0.6) is 0 Å². The quantitative estimate of drug-likeness (QED) is 0.465. The topological polar surface area (TPSA) is 57.2 Å². The van der Waals surface area contributed by atoms with E-state index in [9.17, 15) is 4.79 Å². The molecule has 2 aliphatic heterocycles. The lowest BCUT2D eigenvalue weighted by molar-refractivity contribution is -0.146. The summed E-state index contributed by atoms with van der Waals surface area (Å²) >= 11 is 0. The van der Waals surface area contributed by atoms with Crippen LogP contribution in [-0.4, -0.2) is 75.2 Å². The van der Waals surface area contributed by atoms with Crippen molar-refractivity contribution in [1.82, 2.24) is 15.1 Å². The van der Waals surface area contributed by atoms with Gasteiger partial charge in [0.15, 0.2) is 5.96 Å². The molecule has 2 fully saturated rings. The van der Waals surface area contributed by atoms with E-state index in [0.29, 0.717) is 5.92 Å². The molecule has 0 spiro atoms. The Morgan fingerprint density at radius 2 is 1.96 bits per heavy atom. The summed E-state index contributed by atoms with van der Waals surface area (Å²) in [5, 5.41) is 3.57. The maximum Gasteiger partial charge on any atom is 0.308 e. The Hall–Kier alpha value is -1.30. The Labute approximate surface area is 153 Å². The van der Waals surface area contributed by atoms with Gasteiger partial charge >= 0.3 is 5.97 Å². The number of nitrogens with one attached hydrogen (secondary N) is 1. The number of piperidine rings is 2. The van der Waals surface area contributed by atoms with Crippen LogP contribution in [0.1, 0.15) is 39.5 Å². The van der Waals surface area contributed by atoms with Crippen molar-refractivity contribution < 1.29 is 9.53 Å². The van der Waals surface area contributed by atoms with Gasteiger partial charge in [-0.05, 0) is 44.1 Å². The number of esters is 1. The third-order valence-corrected chi connectivity index (χ3v) is 5.32. The molecular formula is C19H36N4O2. The molecule has 0 aromatic rings. The molecule has 6 heteroatoms. The monoisotopic (exact) mass is 352 g/mol. The summed E-state index contributed by atoms with van der Waals surface area (Å²) in [7, 11) is 3.32. The van der Waals surface area contributed by atoms with Crippen LogP contribution in [0.4, 0.5) is 0 Å².